The summed E-state index contributed by atoms with van der Waals surface area (Å²) in [5, 5.41) is 9.62. The van der Waals surface area contributed by atoms with E-state index < -0.39 is 0 Å². The molecule has 2 rings (SSSR count). The number of benzene rings is 1. The molecule has 0 aliphatic carbocycles. The second kappa shape index (κ2) is 7.21. The molecule has 0 radical (unpaired) electrons. The van der Waals surface area contributed by atoms with Gasteiger partial charge < -0.3 is 16.0 Å². The minimum absolute atomic E-state index is 0.735. The first-order valence-corrected chi connectivity index (χ1v) is 7.23. The number of hydrogen-bond acceptors (Lipinski definition) is 5. The van der Waals surface area contributed by atoms with Crippen LogP contribution < -0.4 is 16.0 Å². The van der Waals surface area contributed by atoms with Crippen LogP contribution in [0.15, 0.2) is 34.8 Å². The van der Waals surface area contributed by atoms with Crippen LogP contribution in [0.5, 0.6) is 0 Å². The lowest BCUT2D eigenvalue weighted by molar-refractivity contribution is 0.820. The summed E-state index contributed by atoms with van der Waals surface area (Å²) in [6.07, 6.45) is 0. The summed E-state index contributed by atoms with van der Waals surface area (Å²) < 4.78 is 1.05. The normalized spacial score (nSPS) is 10.3. The van der Waals surface area contributed by atoms with E-state index in [2.05, 4.69) is 41.8 Å². The van der Waals surface area contributed by atoms with Gasteiger partial charge in [0.15, 0.2) is 0 Å². The molecule has 0 unspecified atom stereocenters. The van der Waals surface area contributed by atoms with E-state index >= 15 is 0 Å². The Morgan fingerprint density at radius 2 is 1.75 bits per heavy atom. The van der Waals surface area contributed by atoms with Crippen LogP contribution in [0.4, 0.5) is 17.3 Å². The lowest BCUT2D eigenvalue weighted by Crippen LogP contribution is -2.18. The van der Waals surface area contributed by atoms with Gasteiger partial charge in [-0.2, -0.15) is 0 Å². The van der Waals surface area contributed by atoms with Gasteiger partial charge >= 0.3 is 0 Å². The average Bonchev–Trinajstić information content (AvgIpc) is 2.41. The fourth-order valence-corrected chi connectivity index (χ4v) is 1.98. The molecule has 1 heterocycles. The standard InChI is InChI=1S/C14H18BrN5/c1-10-18-13(17-8-7-16-2)9-14(19-10)20-12-5-3-11(15)4-6-12/h3-6,9,16H,7-8H2,1-2H3,(H2,17,18,19,20). The molecule has 1 aromatic carbocycles. The number of hydrogen-bond donors (Lipinski definition) is 3. The fraction of sp³-hybridized carbons (Fsp3) is 0.286. The molecule has 0 aliphatic heterocycles. The van der Waals surface area contributed by atoms with Crippen LogP contribution in [0.1, 0.15) is 5.82 Å². The summed E-state index contributed by atoms with van der Waals surface area (Å²) in [5.74, 6) is 2.35. The number of nitrogens with one attached hydrogen (secondary N) is 3. The molecule has 0 atom stereocenters. The van der Waals surface area contributed by atoms with Crippen molar-refractivity contribution in [2.45, 2.75) is 6.92 Å². The predicted octanol–water partition coefficient (Wildman–Crippen LogP) is 2.92. The van der Waals surface area contributed by atoms with E-state index in [0.29, 0.717) is 0 Å². The summed E-state index contributed by atoms with van der Waals surface area (Å²) in [4.78, 5) is 8.75. The van der Waals surface area contributed by atoms with Gasteiger partial charge in [0.2, 0.25) is 0 Å². The third-order valence-corrected chi connectivity index (χ3v) is 3.16. The predicted molar refractivity (Wildman–Crippen MR) is 86.6 cm³/mol. The maximum Gasteiger partial charge on any atom is 0.136 e. The molecule has 0 aliphatic rings. The Morgan fingerprint density at radius 3 is 2.45 bits per heavy atom. The largest absolute Gasteiger partial charge is 0.369 e. The molecule has 0 saturated carbocycles. The highest BCUT2D eigenvalue weighted by Crippen LogP contribution is 2.19. The molecule has 0 bridgehead atoms. The smallest absolute Gasteiger partial charge is 0.136 e. The molecule has 0 amide bonds. The van der Waals surface area contributed by atoms with Crippen LogP contribution in [0, 0.1) is 6.92 Å². The molecular weight excluding hydrogens is 318 g/mol. The van der Waals surface area contributed by atoms with Gasteiger partial charge in [0.25, 0.3) is 0 Å². The van der Waals surface area contributed by atoms with Gasteiger partial charge in [-0.1, -0.05) is 15.9 Å². The second-order valence-electron chi connectivity index (χ2n) is 4.35. The molecule has 3 N–H and O–H groups in total. The molecular formula is C14H18BrN5. The van der Waals surface area contributed by atoms with Crippen LogP contribution in [-0.4, -0.2) is 30.1 Å². The second-order valence-corrected chi connectivity index (χ2v) is 5.26. The highest BCUT2D eigenvalue weighted by atomic mass is 79.9. The van der Waals surface area contributed by atoms with Crippen molar-refractivity contribution in [3.05, 3.63) is 40.6 Å². The van der Waals surface area contributed by atoms with Crippen molar-refractivity contribution in [2.75, 3.05) is 30.8 Å². The summed E-state index contributed by atoms with van der Waals surface area (Å²) in [7, 11) is 1.92. The molecule has 0 saturated heterocycles. The Bertz CT molecular complexity index is 556. The summed E-state index contributed by atoms with van der Waals surface area (Å²) in [6, 6.07) is 9.88. The Hall–Kier alpha value is -1.66. The van der Waals surface area contributed by atoms with Gasteiger partial charge in [0.1, 0.15) is 17.5 Å². The lowest BCUT2D eigenvalue weighted by Gasteiger charge is -2.10. The van der Waals surface area contributed by atoms with Gasteiger partial charge in [-0.05, 0) is 38.2 Å². The van der Waals surface area contributed by atoms with Gasteiger partial charge in [-0.25, -0.2) is 9.97 Å². The molecule has 2 aromatic rings. The minimum atomic E-state index is 0.735. The van der Waals surface area contributed by atoms with Crippen molar-refractivity contribution < 1.29 is 0 Å². The van der Waals surface area contributed by atoms with Gasteiger partial charge in [0, 0.05) is 29.3 Å². The molecule has 1 aromatic heterocycles. The maximum atomic E-state index is 4.39. The quantitative estimate of drug-likeness (QED) is 0.708. The van der Waals surface area contributed by atoms with Crippen molar-refractivity contribution >= 4 is 33.3 Å². The van der Waals surface area contributed by atoms with E-state index in [1.165, 1.54) is 0 Å². The third kappa shape index (κ3) is 4.47. The maximum absolute atomic E-state index is 4.39. The zero-order chi connectivity index (χ0) is 14.4. The van der Waals surface area contributed by atoms with E-state index in [0.717, 1.165) is 40.7 Å². The Morgan fingerprint density at radius 1 is 1.05 bits per heavy atom. The molecule has 6 heteroatoms. The van der Waals surface area contributed by atoms with E-state index in [9.17, 15) is 0 Å². The third-order valence-electron chi connectivity index (χ3n) is 2.64. The van der Waals surface area contributed by atoms with Crippen LogP contribution in [-0.2, 0) is 0 Å². The number of rotatable bonds is 6. The lowest BCUT2D eigenvalue weighted by atomic mass is 10.3. The van der Waals surface area contributed by atoms with Crippen molar-refractivity contribution in [1.82, 2.24) is 15.3 Å². The van der Waals surface area contributed by atoms with Crippen molar-refractivity contribution in [3.63, 3.8) is 0 Å². The van der Waals surface area contributed by atoms with E-state index in [1.807, 2.05) is 44.3 Å². The summed E-state index contributed by atoms with van der Waals surface area (Å²) >= 11 is 3.42. The first-order valence-electron chi connectivity index (χ1n) is 6.44. The monoisotopic (exact) mass is 335 g/mol. The van der Waals surface area contributed by atoms with Gasteiger partial charge in [0.05, 0.1) is 0 Å². The number of anilines is 3. The van der Waals surface area contributed by atoms with Crippen LogP contribution in [0.25, 0.3) is 0 Å². The fourth-order valence-electron chi connectivity index (χ4n) is 1.72. The first-order chi connectivity index (χ1) is 9.67. The first kappa shape index (κ1) is 14.7. The zero-order valence-electron chi connectivity index (χ0n) is 11.6. The summed E-state index contributed by atoms with van der Waals surface area (Å²) in [6.45, 7) is 3.60. The average molecular weight is 336 g/mol. The van der Waals surface area contributed by atoms with Gasteiger partial charge in [-0.3, -0.25) is 0 Å². The number of halogens is 1. The highest BCUT2D eigenvalue weighted by Gasteiger charge is 2.02. The number of likely N-dealkylation sites (N-methyl/N-ethyl adjacent to an activating group) is 1. The SMILES string of the molecule is CNCCNc1cc(Nc2ccc(Br)cc2)nc(C)n1. The van der Waals surface area contributed by atoms with Crippen LogP contribution in [0.3, 0.4) is 0 Å². The highest BCUT2D eigenvalue weighted by molar-refractivity contribution is 9.10. The topological polar surface area (TPSA) is 61.9 Å². The molecule has 106 valence electrons. The van der Waals surface area contributed by atoms with Crippen molar-refractivity contribution in [3.8, 4) is 0 Å². The Labute approximate surface area is 127 Å². The molecule has 0 spiro atoms. The van der Waals surface area contributed by atoms with E-state index in [4.69, 9.17) is 0 Å². The number of aromatic nitrogens is 2. The summed E-state index contributed by atoms with van der Waals surface area (Å²) in [5.41, 5.74) is 0.993. The van der Waals surface area contributed by atoms with Crippen LogP contribution >= 0.6 is 15.9 Å². The van der Waals surface area contributed by atoms with E-state index in [-0.39, 0.29) is 0 Å². The Kier molecular flexibility index (Phi) is 5.31. The molecule has 5 nitrogen and oxygen atoms in total. The van der Waals surface area contributed by atoms with Crippen molar-refractivity contribution in [2.24, 2.45) is 0 Å². The molecule has 0 fully saturated rings. The van der Waals surface area contributed by atoms with Crippen LogP contribution in [0.2, 0.25) is 0 Å². The van der Waals surface area contributed by atoms with Gasteiger partial charge in [-0.15, -0.1) is 0 Å². The number of aryl methyl sites for hydroxylation is 1. The minimum Gasteiger partial charge on any atom is -0.369 e. The van der Waals surface area contributed by atoms with Crippen molar-refractivity contribution in [1.29, 1.82) is 0 Å². The number of nitrogens with zero attached hydrogens (tertiary/aromatic N) is 2. The zero-order valence-corrected chi connectivity index (χ0v) is 13.2. The molecule has 20 heavy (non-hydrogen) atoms. The Balaban J connectivity index is 2.09. The van der Waals surface area contributed by atoms with E-state index in [1.54, 1.807) is 0 Å².